The maximum absolute atomic E-state index is 13.2. The molecule has 150 valence electrons. The number of carbonyl (C=O) groups excluding carboxylic acids is 1. The third-order valence-corrected chi connectivity index (χ3v) is 5.11. The van der Waals surface area contributed by atoms with Gasteiger partial charge in [-0.3, -0.25) is 14.2 Å². The van der Waals surface area contributed by atoms with E-state index in [1.807, 2.05) is 6.07 Å². The number of benzene rings is 2. The van der Waals surface area contributed by atoms with Crippen molar-refractivity contribution in [3.63, 3.8) is 0 Å². The summed E-state index contributed by atoms with van der Waals surface area (Å²) in [4.78, 5) is 30.2. The van der Waals surface area contributed by atoms with Crippen molar-refractivity contribution in [2.24, 2.45) is 0 Å². The third kappa shape index (κ3) is 4.09. The van der Waals surface area contributed by atoms with E-state index in [1.54, 1.807) is 48.7 Å². The van der Waals surface area contributed by atoms with E-state index < -0.39 is 11.5 Å². The highest BCUT2D eigenvalue weighted by Gasteiger charge is 2.17. The van der Waals surface area contributed by atoms with Crippen molar-refractivity contribution in [1.29, 1.82) is 0 Å². The zero-order valence-corrected chi connectivity index (χ0v) is 16.6. The number of amides is 1. The third-order valence-electron chi connectivity index (χ3n) is 4.74. The van der Waals surface area contributed by atoms with Gasteiger partial charge >= 0.3 is 0 Å². The Hall–Kier alpha value is -3.51. The summed E-state index contributed by atoms with van der Waals surface area (Å²) in [5, 5.41) is 3.94. The summed E-state index contributed by atoms with van der Waals surface area (Å²) in [5.41, 5.74) is 1.46. The molecule has 1 amide bonds. The highest BCUT2D eigenvalue weighted by Crippen LogP contribution is 2.16. The molecular formula is C23H17ClFN3O2. The normalized spacial score (nSPS) is 10.9. The van der Waals surface area contributed by atoms with Crippen LogP contribution in [0.1, 0.15) is 21.5 Å². The molecule has 0 saturated carbocycles. The molecule has 30 heavy (non-hydrogen) atoms. The van der Waals surface area contributed by atoms with E-state index in [0.717, 1.165) is 11.1 Å². The molecule has 0 unspecified atom stereocenters. The summed E-state index contributed by atoms with van der Waals surface area (Å²) >= 11 is 6.14. The fourth-order valence-corrected chi connectivity index (χ4v) is 3.40. The summed E-state index contributed by atoms with van der Waals surface area (Å²) in [7, 11) is 0. The Bertz CT molecular complexity index is 1290. The summed E-state index contributed by atoms with van der Waals surface area (Å²) in [6, 6.07) is 18.1. The molecule has 2 heterocycles. The number of halogens is 2. The van der Waals surface area contributed by atoms with Crippen molar-refractivity contribution < 1.29 is 9.18 Å². The quantitative estimate of drug-likeness (QED) is 0.526. The van der Waals surface area contributed by atoms with Crippen molar-refractivity contribution >= 4 is 28.5 Å². The summed E-state index contributed by atoms with van der Waals surface area (Å²) in [5.74, 6) is -0.861. The minimum atomic E-state index is -0.501. The Balaban J connectivity index is 1.70. The molecule has 0 aliphatic heterocycles. The molecule has 2 aromatic heterocycles. The number of hydrogen-bond acceptors (Lipinski definition) is 3. The van der Waals surface area contributed by atoms with Crippen LogP contribution in [-0.2, 0) is 13.1 Å². The molecule has 5 nitrogen and oxygen atoms in total. The summed E-state index contributed by atoms with van der Waals surface area (Å²) in [6.07, 6.45) is 1.58. The lowest BCUT2D eigenvalue weighted by Crippen LogP contribution is -2.33. The molecule has 0 spiro atoms. The maximum Gasteiger partial charge on any atom is 0.265 e. The predicted octanol–water partition coefficient (Wildman–Crippen LogP) is 4.17. The standard InChI is InChI=1S/C23H17ClFN3O2/c24-20-6-2-1-4-17(20)13-27-22(29)19-12-16-5-3-11-26-21(16)28(23(19)30)14-15-7-9-18(25)10-8-15/h1-12H,13-14H2,(H,27,29). The summed E-state index contributed by atoms with van der Waals surface area (Å²) in [6.45, 7) is 0.360. The van der Waals surface area contributed by atoms with Gasteiger partial charge in [-0.05, 0) is 47.5 Å². The number of rotatable bonds is 5. The van der Waals surface area contributed by atoms with Gasteiger partial charge in [0.1, 0.15) is 17.0 Å². The second-order valence-electron chi connectivity index (χ2n) is 6.77. The van der Waals surface area contributed by atoms with E-state index in [1.165, 1.54) is 22.8 Å². The van der Waals surface area contributed by atoms with Gasteiger partial charge < -0.3 is 5.32 Å². The van der Waals surface area contributed by atoms with Crippen LogP contribution in [0.25, 0.3) is 11.0 Å². The van der Waals surface area contributed by atoms with Crippen LogP contribution in [0.3, 0.4) is 0 Å². The summed E-state index contributed by atoms with van der Waals surface area (Å²) < 4.78 is 14.7. The lowest BCUT2D eigenvalue weighted by Gasteiger charge is -2.13. The number of fused-ring (bicyclic) bond motifs is 1. The number of aromatic nitrogens is 2. The van der Waals surface area contributed by atoms with Crippen molar-refractivity contribution in [2.45, 2.75) is 13.1 Å². The highest BCUT2D eigenvalue weighted by molar-refractivity contribution is 6.31. The van der Waals surface area contributed by atoms with Crippen LogP contribution in [0.15, 0.2) is 77.7 Å². The topological polar surface area (TPSA) is 64.0 Å². The Labute approximate surface area is 176 Å². The number of carbonyl (C=O) groups is 1. The predicted molar refractivity (Wildman–Crippen MR) is 114 cm³/mol. The molecule has 1 N–H and O–H groups in total. The van der Waals surface area contributed by atoms with Crippen LogP contribution >= 0.6 is 11.6 Å². The monoisotopic (exact) mass is 421 g/mol. The van der Waals surface area contributed by atoms with Crippen molar-refractivity contribution in [2.75, 3.05) is 0 Å². The van der Waals surface area contributed by atoms with Gasteiger partial charge in [-0.2, -0.15) is 0 Å². The van der Waals surface area contributed by atoms with Crippen LogP contribution < -0.4 is 10.9 Å². The molecule has 4 aromatic rings. The maximum atomic E-state index is 13.2. The Morgan fingerprint density at radius 2 is 1.83 bits per heavy atom. The molecule has 2 aromatic carbocycles. The van der Waals surface area contributed by atoms with E-state index in [2.05, 4.69) is 10.3 Å². The number of pyridine rings is 2. The van der Waals surface area contributed by atoms with Crippen molar-refractivity contribution in [3.8, 4) is 0 Å². The van der Waals surface area contributed by atoms with Crippen LogP contribution in [0, 0.1) is 5.82 Å². The first kappa shape index (κ1) is 19.8. The smallest absolute Gasteiger partial charge is 0.265 e. The molecule has 7 heteroatoms. The molecule has 4 rings (SSSR count). The molecule has 0 bridgehead atoms. The largest absolute Gasteiger partial charge is 0.348 e. The lowest BCUT2D eigenvalue weighted by atomic mass is 10.1. The van der Waals surface area contributed by atoms with E-state index in [9.17, 15) is 14.0 Å². The van der Waals surface area contributed by atoms with Crippen LogP contribution in [0.4, 0.5) is 4.39 Å². The van der Waals surface area contributed by atoms with Gasteiger partial charge in [0.2, 0.25) is 0 Å². The molecule has 0 fully saturated rings. The molecule has 0 atom stereocenters. The number of nitrogens with one attached hydrogen (secondary N) is 1. The lowest BCUT2D eigenvalue weighted by molar-refractivity contribution is 0.0949. The molecule has 0 aliphatic rings. The van der Waals surface area contributed by atoms with Gasteiger partial charge in [-0.1, -0.05) is 41.9 Å². The minimum absolute atomic E-state index is 0.00432. The van der Waals surface area contributed by atoms with E-state index in [0.29, 0.717) is 16.1 Å². The molecule has 0 aliphatic carbocycles. The average molecular weight is 422 g/mol. The Kier molecular flexibility index (Phi) is 5.59. The SMILES string of the molecule is O=C(NCc1ccccc1Cl)c1cc2cccnc2n(Cc2ccc(F)cc2)c1=O. The van der Waals surface area contributed by atoms with Crippen LogP contribution in [-0.4, -0.2) is 15.5 Å². The van der Waals surface area contributed by atoms with Gasteiger partial charge in [0.15, 0.2) is 0 Å². The average Bonchev–Trinajstić information content (AvgIpc) is 2.76. The van der Waals surface area contributed by atoms with Crippen molar-refractivity contribution in [3.05, 3.63) is 111 Å². The van der Waals surface area contributed by atoms with Gasteiger partial charge in [-0.15, -0.1) is 0 Å². The fraction of sp³-hybridized carbons (Fsp3) is 0.0870. The highest BCUT2D eigenvalue weighted by atomic mass is 35.5. The molecule has 0 saturated heterocycles. The first-order valence-corrected chi connectivity index (χ1v) is 9.65. The second kappa shape index (κ2) is 8.47. The number of nitrogens with zero attached hydrogens (tertiary/aromatic N) is 2. The van der Waals surface area contributed by atoms with Gasteiger partial charge in [0, 0.05) is 23.2 Å². The van der Waals surface area contributed by atoms with Gasteiger partial charge in [0.05, 0.1) is 6.54 Å². The molecular weight excluding hydrogens is 405 g/mol. The van der Waals surface area contributed by atoms with E-state index in [-0.39, 0.29) is 24.5 Å². The Morgan fingerprint density at radius 3 is 2.60 bits per heavy atom. The van der Waals surface area contributed by atoms with Crippen LogP contribution in [0.5, 0.6) is 0 Å². The van der Waals surface area contributed by atoms with E-state index >= 15 is 0 Å². The first-order chi connectivity index (χ1) is 14.5. The van der Waals surface area contributed by atoms with Gasteiger partial charge in [-0.25, -0.2) is 9.37 Å². The van der Waals surface area contributed by atoms with Crippen LogP contribution in [0.2, 0.25) is 5.02 Å². The van der Waals surface area contributed by atoms with E-state index in [4.69, 9.17) is 11.6 Å². The zero-order valence-electron chi connectivity index (χ0n) is 15.8. The number of hydrogen-bond donors (Lipinski definition) is 1. The Morgan fingerprint density at radius 1 is 1.07 bits per heavy atom. The van der Waals surface area contributed by atoms with Crippen molar-refractivity contribution in [1.82, 2.24) is 14.9 Å². The molecule has 0 radical (unpaired) electrons. The minimum Gasteiger partial charge on any atom is -0.348 e. The van der Waals surface area contributed by atoms with Gasteiger partial charge in [0.25, 0.3) is 11.5 Å². The second-order valence-corrected chi connectivity index (χ2v) is 7.17. The fourth-order valence-electron chi connectivity index (χ4n) is 3.20. The first-order valence-electron chi connectivity index (χ1n) is 9.27. The zero-order chi connectivity index (χ0) is 21.1.